The Morgan fingerprint density at radius 1 is 0.828 bits per heavy atom. The van der Waals surface area contributed by atoms with Crippen LogP contribution in [0.2, 0.25) is 10.0 Å². The zero-order valence-corrected chi connectivity index (χ0v) is 19.5. The lowest BCUT2D eigenvalue weighted by atomic mass is 10.2. The Morgan fingerprint density at radius 2 is 1.31 bits per heavy atom. The van der Waals surface area contributed by atoms with E-state index in [1.165, 1.54) is 48.5 Å². The first-order valence-corrected chi connectivity index (χ1v) is 13.3. The summed E-state index contributed by atoms with van der Waals surface area (Å²) in [7, 11) is -9.47. The molecule has 1 aliphatic rings. The van der Waals surface area contributed by atoms with Gasteiger partial charge in [-0.1, -0.05) is 34.3 Å². The minimum absolute atomic E-state index is 0.0332. The van der Waals surface area contributed by atoms with Gasteiger partial charge in [-0.2, -0.15) is 8.42 Å². The van der Waals surface area contributed by atoms with Crippen LogP contribution in [-0.4, -0.2) is 32.8 Å². The molecule has 3 rings (SSSR count). The second-order valence-electron chi connectivity index (χ2n) is 6.47. The molecule has 0 spiro atoms. The summed E-state index contributed by atoms with van der Waals surface area (Å²) >= 11 is 11.7. The van der Waals surface area contributed by atoms with Crippen molar-refractivity contribution in [3.05, 3.63) is 69.7 Å². The van der Waals surface area contributed by atoms with Crippen molar-refractivity contribution in [3.8, 4) is 0 Å². The van der Waals surface area contributed by atoms with Gasteiger partial charge in [-0.15, -0.1) is 7.48 Å². The van der Waals surface area contributed by atoms with Crippen LogP contribution in [0.4, 0.5) is 0 Å². The number of halogens is 2. The molecule has 0 fully saturated rings. The standard InChI is InChI=1S/C18H18Cl2N2O4S3/c1-13-11-22(29(25,26)18-9-5-16(20)6-10-18)27(12-14(13)2)21-28(23,24)17-7-3-15(19)4-8-17/h3-10H,11-12H2,1-2H3/t27-/m1/s1. The Labute approximate surface area is 183 Å². The minimum atomic E-state index is -4.07. The van der Waals surface area contributed by atoms with Gasteiger partial charge in [-0.25, -0.2) is 8.42 Å². The molecule has 1 heterocycles. The Balaban J connectivity index is 2.10. The van der Waals surface area contributed by atoms with Crippen molar-refractivity contribution < 1.29 is 16.8 Å². The molecule has 6 nitrogen and oxygen atoms in total. The molecule has 0 radical (unpaired) electrons. The fourth-order valence-electron chi connectivity index (χ4n) is 2.54. The van der Waals surface area contributed by atoms with Crippen molar-refractivity contribution in [2.45, 2.75) is 23.6 Å². The van der Waals surface area contributed by atoms with Crippen LogP contribution < -0.4 is 0 Å². The third kappa shape index (κ3) is 4.92. The largest absolute Gasteiger partial charge is 0.289 e. The lowest BCUT2D eigenvalue weighted by molar-refractivity contribution is 0.548. The number of benzene rings is 2. The topological polar surface area (TPSA) is 83.9 Å². The second-order valence-corrected chi connectivity index (χ2v) is 12.9. The summed E-state index contributed by atoms with van der Waals surface area (Å²) in [5.41, 5.74) is 1.79. The number of nitrogens with zero attached hydrogens (tertiary/aromatic N) is 2. The fourth-order valence-corrected chi connectivity index (χ4v) is 8.80. The first kappa shape index (κ1) is 22.5. The van der Waals surface area contributed by atoms with E-state index in [9.17, 15) is 16.8 Å². The zero-order valence-electron chi connectivity index (χ0n) is 15.5. The Kier molecular flexibility index (Phi) is 6.57. The molecular weight excluding hydrogens is 475 g/mol. The van der Waals surface area contributed by atoms with E-state index in [1.54, 1.807) is 0 Å². The highest BCUT2D eigenvalue weighted by molar-refractivity contribution is 8.06. The quantitative estimate of drug-likeness (QED) is 0.590. The number of sulfonamides is 2. The first-order valence-electron chi connectivity index (χ1n) is 8.39. The van der Waals surface area contributed by atoms with E-state index in [-0.39, 0.29) is 22.1 Å². The average molecular weight is 493 g/mol. The lowest BCUT2D eigenvalue weighted by Gasteiger charge is -2.30. The van der Waals surface area contributed by atoms with Crippen molar-refractivity contribution in [2.24, 2.45) is 3.77 Å². The monoisotopic (exact) mass is 492 g/mol. The summed E-state index contributed by atoms with van der Waals surface area (Å²) < 4.78 is 57.2. The van der Waals surface area contributed by atoms with Crippen LogP contribution >= 0.6 is 23.2 Å². The zero-order chi connectivity index (χ0) is 21.4. The lowest BCUT2D eigenvalue weighted by Crippen LogP contribution is -2.39. The Bertz CT molecular complexity index is 1200. The molecule has 11 heteroatoms. The number of hydrogen-bond acceptors (Lipinski definition) is 4. The molecule has 0 amide bonds. The SMILES string of the molecule is CC1=C(C)C[S@](=NS(=O)(=O)c2ccc(Cl)cc2)N(S(=O)(=O)c2ccc(Cl)cc2)C1. The molecule has 156 valence electrons. The number of hydrogen-bond donors (Lipinski definition) is 0. The van der Waals surface area contributed by atoms with Gasteiger partial charge in [0.05, 0.1) is 9.79 Å². The van der Waals surface area contributed by atoms with Crippen molar-refractivity contribution in [1.29, 1.82) is 0 Å². The van der Waals surface area contributed by atoms with Crippen LogP contribution in [0.1, 0.15) is 13.8 Å². The van der Waals surface area contributed by atoms with E-state index in [0.717, 1.165) is 14.9 Å². The summed E-state index contributed by atoms with van der Waals surface area (Å²) in [6, 6.07) is 11.3. The summed E-state index contributed by atoms with van der Waals surface area (Å²) in [4.78, 5) is -0.00647. The molecule has 0 aliphatic carbocycles. The maximum Gasteiger partial charge on any atom is 0.289 e. The molecule has 1 atom stereocenters. The predicted molar refractivity (Wildman–Crippen MR) is 117 cm³/mol. The summed E-state index contributed by atoms with van der Waals surface area (Å²) in [5.74, 6) is 0.214. The van der Waals surface area contributed by atoms with E-state index in [1.807, 2.05) is 13.8 Å². The Hall–Kier alpha value is -1.23. The molecule has 29 heavy (non-hydrogen) atoms. The Morgan fingerprint density at radius 3 is 1.83 bits per heavy atom. The molecule has 0 aromatic heterocycles. The maximum absolute atomic E-state index is 13.2. The highest BCUT2D eigenvalue weighted by Gasteiger charge is 2.33. The van der Waals surface area contributed by atoms with Gasteiger partial charge in [0.1, 0.15) is 0 Å². The molecular formula is C18H18Cl2N2O4S3. The van der Waals surface area contributed by atoms with Crippen LogP contribution in [0.3, 0.4) is 0 Å². The van der Waals surface area contributed by atoms with E-state index < -0.39 is 30.9 Å². The molecule has 0 saturated heterocycles. The highest BCUT2D eigenvalue weighted by Crippen LogP contribution is 2.28. The normalized spacial score (nSPS) is 19.0. The van der Waals surface area contributed by atoms with Crippen LogP contribution in [0.5, 0.6) is 0 Å². The van der Waals surface area contributed by atoms with Crippen molar-refractivity contribution >= 4 is 54.1 Å². The van der Waals surface area contributed by atoms with Gasteiger partial charge in [0.15, 0.2) is 0 Å². The van der Waals surface area contributed by atoms with Gasteiger partial charge in [-0.3, -0.25) is 0 Å². The van der Waals surface area contributed by atoms with Crippen LogP contribution in [0.25, 0.3) is 0 Å². The van der Waals surface area contributed by atoms with Gasteiger partial charge in [0, 0.05) is 33.2 Å². The summed E-state index contributed by atoms with van der Waals surface area (Å²) in [6.07, 6.45) is 0. The van der Waals surface area contributed by atoms with Crippen LogP contribution in [0, 0.1) is 0 Å². The summed E-state index contributed by atoms with van der Waals surface area (Å²) in [6.45, 7) is 3.75. The van der Waals surface area contributed by atoms with E-state index in [4.69, 9.17) is 23.2 Å². The maximum atomic E-state index is 13.2. The molecule has 0 unspecified atom stereocenters. The second kappa shape index (κ2) is 8.49. The van der Waals surface area contributed by atoms with E-state index in [2.05, 4.69) is 3.77 Å². The highest BCUT2D eigenvalue weighted by atomic mass is 35.5. The molecule has 2 aromatic carbocycles. The molecule has 0 saturated carbocycles. The van der Waals surface area contributed by atoms with Gasteiger partial charge < -0.3 is 0 Å². The fraction of sp³-hybridized carbons (Fsp3) is 0.222. The van der Waals surface area contributed by atoms with Gasteiger partial charge in [0.25, 0.3) is 20.0 Å². The number of rotatable bonds is 4. The molecule has 0 bridgehead atoms. The average Bonchev–Trinajstić information content (AvgIpc) is 2.65. The molecule has 1 aliphatic heterocycles. The van der Waals surface area contributed by atoms with Gasteiger partial charge in [-0.05, 0) is 62.4 Å². The predicted octanol–water partition coefficient (Wildman–Crippen LogP) is 4.44. The third-order valence-corrected chi connectivity index (χ3v) is 11.1. The van der Waals surface area contributed by atoms with Gasteiger partial charge >= 0.3 is 0 Å². The van der Waals surface area contributed by atoms with Gasteiger partial charge in [0.2, 0.25) is 0 Å². The van der Waals surface area contributed by atoms with E-state index >= 15 is 0 Å². The first-order chi connectivity index (χ1) is 13.5. The van der Waals surface area contributed by atoms with Crippen LogP contribution in [0.15, 0.2) is 73.2 Å². The molecule has 2 aromatic rings. The van der Waals surface area contributed by atoms with Crippen molar-refractivity contribution in [3.63, 3.8) is 0 Å². The third-order valence-electron chi connectivity index (χ3n) is 4.35. The smallest absolute Gasteiger partial charge is 0.206 e. The minimum Gasteiger partial charge on any atom is -0.206 e. The van der Waals surface area contributed by atoms with E-state index in [0.29, 0.717) is 10.0 Å². The molecule has 0 N–H and O–H groups in total. The van der Waals surface area contributed by atoms with Crippen LogP contribution in [-0.2, 0) is 30.9 Å². The summed E-state index contributed by atoms with van der Waals surface area (Å²) in [5, 5.41) is 0.800. The van der Waals surface area contributed by atoms with Crippen molar-refractivity contribution in [1.82, 2.24) is 3.71 Å². The van der Waals surface area contributed by atoms with Crippen molar-refractivity contribution in [2.75, 3.05) is 12.3 Å².